The van der Waals surface area contributed by atoms with Crippen LogP contribution < -0.4 is 5.32 Å². The van der Waals surface area contributed by atoms with Crippen molar-refractivity contribution >= 4 is 11.9 Å². The van der Waals surface area contributed by atoms with Gasteiger partial charge in [-0.2, -0.15) is 0 Å². The molecule has 204 valence electrons. The van der Waals surface area contributed by atoms with Gasteiger partial charge < -0.3 is 20.3 Å². The fraction of sp³-hybridized carbons (Fsp3) is 0.438. The highest BCUT2D eigenvalue weighted by Gasteiger charge is 2.42. The van der Waals surface area contributed by atoms with E-state index < -0.39 is 24.3 Å². The van der Waals surface area contributed by atoms with Gasteiger partial charge in [0.1, 0.15) is 6.10 Å². The first-order valence-electron chi connectivity index (χ1n) is 13.7. The van der Waals surface area contributed by atoms with Crippen molar-refractivity contribution in [2.24, 2.45) is 11.8 Å². The molecule has 38 heavy (non-hydrogen) atoms. The fourth-order valence-corrected chi connectivity index (χ4v) is 4.94. The first-order valence-corrected chi connectivity index (χ1v) is 13.7. The lowest BCUT2D eigenvalue weighted by molar-refractivity contribution is -0.121. The molecule has 6 nitrogen and oxygen atoms in total. The van der Waals surface area contributed by atoms with E-state index in [1.54, 1.807) is 30.3 Å². The minimum atomic E-state index is -0.635. The molecule has 1 amide bonds. The molecule has 2 aromatic carbocycles. The number of carbonyl (C=O) groups excluding carboxylic acids is 2. The number of nitrogens with one attached hydrogen (secondary N) is 1. The van der Waals surface area contributed by atoms with Gasteiger partial charge in [-0.3, -0.25) is 4.79 Å². The average molecular weight is 520 g/mol. The van der Waals surface area contributed by atoms with E-state index in [9.17, 15) is 19.8 Å². The van der Waals surface area contributed by atoms with Gasteiger partial charge in [0, 0.05) is 25.3 Å². The number of hydrogen-bond donors (Lipinski definition) is 3. The number of ether oxygens (including phenoxy) is 1. The zero-order valence-corrected chi connectivity index (χ0v) is 22.2. The van der Waals surface area contributed by atoms with E-state index in [1.807, 2.05) is 61.5 Å². The van der Waals surface area contributed by atoms with Crippen molar-refractivity contribution in [3.63, 3.8) is 0 Å². The number of aryl methyl sites for hydroxylation is 1. The first-order chi connectivity index (χ1) is 18.5. The lowest BCUT2D eigenvalue weighted by Crippen LogP contribution is -2.25. The highest BCUT2D eigenvalue weighted by molar-refractivity contribution is 5.89. The van der Waals surface area contributed by atoms with Crippen LogP contribution in [0, 0.1) is 11.8 Å². The minimum Gasteiger partial charge on any atom is -0.458 e. The molecule has 1 fully saturated rings. The predicted octanol–water partition coefficient (Wildman–Crippen LogP) is 5.01. The van der Waals surface area contributed by atoms with Crippen LogP contribution in [0.5, 0.6) is 0 Å². The van der Waals surface area contributed by atoms with Crippen molar-refractivity contribution < 1.29 is 24.5 Å². The Bertz CT molecular complexity index is 1040. The quantitative estimate of drug-likeness (QED) is 0.185. The summed E-state index contributed by atoms with van der Waals surface area (Å²) >= 11 is 0. The molecule has 2 aromatic rings. The van der Waals surface area contributed by atoms with E-state index in [1.165, 1.54) is 5.56 Å². The summed E-state index contributed by atoms with van der Waals surface area (Å²) in [5.74, 6) is -0.705. The lowest BCUT2D eigenvalue weighted by atomic mass is 9.89. The Kier molecular flexibility index (Phi) is 12.3. The van der Waals surface area contributed by atoms with Gasteiger partial charge >= 0.3 is 5.97 Å². The van der Waals surface area contributed by atoms with Crippen LogP contribution in [-0.4, -0.2) is 46.9 Å². The van der Waals surface area contributed by atoms with Crippen LogP contribution in [0.4, 0.5) is 0 Å². The van der Waals surface area contributed by atoms with Crippen LogP contribution in [0.25, 0.3) is 0 Å². The summed E-state index contributed by atoms with van der Waals surface area (Å²) in [6, 6.07) is 18.9. The third-order valence-corrected chi connectivity index (χ3v) is 7.01. The molecule has 1 saturated carbocycles. The number of esters is 1. The molecule has 5 atom stereocenters. The maximum atomic E-state index is 12.8. The maximum absolute atomic E-state index is 12.8. The number of unbranched alkanes of at least 4 members (excludes halogenated alkanes) is 1. The third-order valence-electron chi connectivity index (χ3n) is 7.01. The third kappa shape index (κ3) is 9.58. The molecule has 0 heterocycles. The van der Waals surface area contributed by atoms with Crippen LogP contribution in [0.1, 0.15) is 61.4 Å². The lowest BCUT2D eigenvalue weighted by Gasteiger charge is -2.22. The van der Waals surface area contributed by atoms with E-state index in [0.717, 1.165) is 19.3 Å². The molecule has 0 bridgehead atoms. The monoisotopic (exact) mass is 519 g/mol. The second-order valence-electron chi connectivity index (χ2n) is 9.88. The Morgan fingerprint density at radius 2 is 1.79 bits per heavy atom. The van der Waals surface area contributed by atoms with Crippen LogP contribution in [0.15, 0.2) is 85.0 Å². The Morgan fingerprint density at radius 3 is 2.50 bits per heavy atom. The highest BCUT2D eigenvalue weighted by atomic mass is 16.5. The highest BCUT2D eigenvalue weighted by Crippen LogP contribution is 2.38. The van der Waals surface area contributed by atoms with Gasteiger partial charge in [-0.15, -0.1) is 0 Å². The summed E-state index contributed by atoms with van der Waals surface area (Å²) in [4.78, 5) is 24.4. The maximum Gasteiger partial charge on any atom is 0.338 e. The van der Waals surface area contributed by atoms with Crippen molar-refractivity contribution in [3.8, 4) is 0 Å². The topological polar surface area (TPSA) is 95.9 Å². The minimum absolute atomic E-state index is 0.0613. The number of aliphatic hydroxyl groups excluding tert-OH is 2. The second-order valence-corrected chi connectivity index (χ2v) is 9.88. The molecule has 3 N–H and O–H groups in total. The van der Waals surface area contributed by atoms with Crippen LogP contribution in [-0.2, 0) is 16.0 Å². The van der Waals surface area contributed by atoms with Crippen molar-refractivity contribution in [1.29, 1.82) is 0 Å². The number of allylic oxidation sites excluding steroid dienone is 2. The Labute approximate surface area is 226 Å². The largest absolute Gasteiger partial charge is 0.458 e. The van der Waals surface area contributed by atoms with E-state index >= 15 is 0 Å². The van der Waals surface area contributed by atoms with Crippen LogP contribution >= 0.6 is 0 Å². The van der Waals surface area contributed by atoms with Crippen molar-refractivity contribution in [2.45, 2.75) is 70.2 Å². The molecule has 0 radical (unpaired) electrons. The summed E-state index contributed by atoms with van der Waals surface area (Å²) in [6.45, 7) is 2.54. The van der Waals surface area contributed by atoms with Gasteiger partial charge in [-0.1, -0.05) is 72.8 Å². The molecular formula is C32H41NO5. The zero-order valence-electron chi connectivity index (χ0n) is 22.2. The van der Waals surface area contributed by atoms with Gasteiger partial charge in [-0.05, 0) is 62.6 Å². The van der Waals surface area contributed by atoms with Gasteiger partial charge in [-0.25, -0.2) is 4.79 Å². The van der Waals surface area contributed by atoms with E-state index in [2.05, 4.69) is 5.32 Å². The molecule has 0 unspecified atom stereocenters. The molecule has 1 aliphatic rings. The Balaban J connectivity index is 1.62. The summed E-state index contributed by atoms with van der Waals surface area (Å²) in [7, 11) is 0. The number of rotatable bonds is 14. The van der Waals surface area contributed by atoms with Crippen LogP contribution in [0.3, 0.4) is 0 Å². The molecule has 0 aromatic heterocycles. The summed E-state index contributed by atoms with van der Waals surface area (Å²) in [6.07, 6.45) is 10.4. The zero-order chi connectivity index (χ0) is 27.2. The fourth-order valence-electron chi connectivity index (χ4n) is 4.94. The number of benzene rings is 2. The molecule has 1 aliphatic carbocycles. The molecule has 3 rings (SSSR count). The van der Waals surface area contributed by atoms with Crippen molar-refractivity contribution in [2.75, 3.05) is 6.54 Å². The van der Waals surface area contributed by atoms with Gasteiger partial charge in [0.15, 0.2) is 0 Å². The summed E-state index contributed by atoms with van der Waals surface area (Å²) < 4.78 is 5.87. The van der Waals surface area contributed by atoms with E-state index in [-0.39, 0.29) is 17.7 Å². The number of amides is 1. The molecular weight excluding hydrogens is 478 g/mol. The predicted molar refractivity (Wildman–Crippen MR) is 149 cm³/mol. The van der Waals surface area contributed by atoms with E-state index in [4.69, 9.17) is 4.74 Å². The normalized spacial score (nSPS) is 22.1. The Morgan fingerprint density at radius 1 is 1.08 bits per heavy atom. The van der Waals surface area contributed by atoms with E-state index in [0.29, 0.717) is 37.8 Å². The van der Waals surface area contributed by atoms with Crippen molar-refractivity contribution in [3.05, 3.63) is 96.1 Å². The summed E-state index contributed by atoms with van der Waals surface area (Å²) in [5, 5.41) is 24.3. The van der Waals surface area contributed by atoms with Crippen molar-refractivity contribution in [1.82, 2.24) is 5.32 Å². The standard InChI is InChI=1S/C32H41NO5/c1-2-33-31(36)18-12-4-3-11-17-27-28(22-21-26(34)20-19-24-13-7-5-8-14-24)30(23-29(27)35)38-32(37)25-15-9-6-10-16-25/h3,5-11,13-16,21-22,26-30,34-35H,2,4,12,17-20,23H2,1H3,(H,33,36)/b11-3-,22-21+/t26-,27+,28+,29-,30+/m0/s1. The molecule has 0 spiro atoms. The smallest absolute Gasteiger partial charge is 0.338 e. The molecule has 6 heteroatoms. The van der Waals surface area contributed by atoms with Gasteiger partial charge in [0.2, 0.25) is 5.91 Å². The van der Waals surface area contributed by atoms with Gasteiger partial charge in [0.25, 0.3) is 0 Å². The molecule has 0 aliphatic heterocycles. The number of hydrogen-bond acceptors (Lipinski definition) is 5. The molecule has 0 saturated heterocycles. The second kappa shape index (κ2) is 15.9. The first kappa shape index (κ1) is 29.3. The van der Waals surface area contributed by atoms with Crippen LogP contribution in [0.2, 0.25) is 0 Å². The number of carbonyl (C=O) groups is 2. The average Bonchev–Trinajstić information content (AvgIpc) is 3.22. The summed E-state index contributed by atoms with van der Waals surface area (Å²) in [5.41, 5.74) is 1.64. The van der Waals surface area contributed by atoms with Gasteiger partial charge in [0.05, 0.1) is 17.8 Å². The SMILES string of the molecule is CCNC(=O)CCC/C=C\C[C@@H]1[C@@H](/C=C/[C@@H](O)CCc2ccccc2)[C@H](OC(=O)c2ccccc2)C[C@@H]1O. The number of aliphatic hydroxyl groups is 2. The Hall–Kier alpha value is -3.22.